The summed E-state index contributed by atoms with van der Waals surface area (Å²) in [6.45, 7) is 5.24. The molecule has 28 heavy (non-hydrogen) atoms. The van der Waals surface area contributed by atoms with Crippen molar-refractivity contribution in [2.75, 3.05) is 13.6 Å². The lowest BCUT2D eigenvalue weighted by atomic mass is 10.0. The maximum Gasteiger partial charge on any atom is 0.317 e. The highest BCUT2D eigenvalue weighted by molar-refractivity contribution is 5.74. The predicted molar refractivity (Wildman–Crippen MR) is 113 cm³/mol. The van der Waals surface area contributed by atoms with Crippen molar-refractivity contribution in [3.63, 3.8) is 0 Å². The Bertz CT molecular complexity index is 929. The Balaban J connectivity index is 1.51. The minimum absolute atomic E-state index is 0.0636. The summed E-state index contributed by atoms with van der Waals surface area (Å²) in [6.07, 6.45) is 0.789. The van der Waals surface area contributed by atoms with Gasteiger partial charge in [-0.25, -0.2) is 4.79 Å². The Morgan fingerprint density at radius 1 is 1.04 bits per heavy atom. The first kappa shape index (κ1) is 19.7. The molecule has 0 fully saturated rings. The number of amides is 2. The van der Waals surface area contributed by atoms with Gasteiger partial charge in [0, 0.05) is 32.9 Å². The van der Waals surface area contributed by atoms with Crippen LogP contribution in [0.15, 0.2) is 54.6 Å². The van der Waals surface area contributed by atoms with Crippen LogP contribution in [-0.2, 0) is 20.0 Å². The van der Waals surface area contributed by atoms with Crippen molar-refractivity contribution in [3.8, 4) is 11.1 Å². The highest BCUT2D eigenvalue weighted by Gasteiger charge is 2.12. The summed E-state index contributed by atoms with van der Waals surface area (Å²) >= 11 is 0. The van der Waals surface area contributed by atoms with Gasteiger partial charge < -0.3 is 10.2 Å². The molecule has 0 aliphatic rings. The number of aryl methyl sites for hydroxylation is 2. The van der Waals surface area contributed by atoms with Crippen molar-refractivity contribution in [1.29, 1.82) is 0 Å². The molecule has 146 valence electrons. The highest BCUT2D eigenvalue weighted by Crippen LogP contribution is 2.19. The molecular formula is C23H28N4O. The van der Waals surface area contributed by atoms with E-state index in [-0.39, 0.29) is 6.03 Å². The van der Waals surface area contributed by atoms with Crippen molar-refractivity contribution in [2.24, 2.45) is 7.05 Å². The summed E-state index contributed by atoms with van der Waals surface area (Å²) in [5.41, 5.74) is 6.87. The first-order chi connectivity index (χ1) is 13.5. The van der Waals surface area contributed by atoms with Gasteiger partial charge >= 0.3 is 6.03 Å². The lowest BCUT2D eigenvalue weighted by Crippen LogP contribution is -2.37. The van der Waals surface area contributed by atoms with E-state index in [1.54, 1.807) is 4.90 Å². The van der Waals surface area contributed by atoms with Gasteiger partial charge in [-0.05, 0) is 42.5 Å². The first-order valence-corrected chi connectivity index (χ1v) is 9.58. The Morgan fingerprint density at radius 2 is 1.68 bits per heavy atom. The molecule has 2 aromatic carbocycles. The second kappa shape index (κ2) is 8.74. The molecule has 5 heteroatoms. The number of carbonyl (C=O) groups is 1. The third-order valence-electron chi connectivity index (χ3n) is 5.14. The average Bonchev–Trinajstić information content (AvgIpc) is 2.95. The van der Waals surface area contributed by atoms with Crippen molar-refractivity contribution < 1.29 is 4.79 Å². The second-order valence-electron chi connectivity index (χ2n) is 7.17. The van der Waals surface area contributed by atoms with Gasteiger partial charge in [-0.1, -0.05) is 54.6 Å². The van der Waals surface area contributed by atoms with E-state index < -0.39 is 0 Å². The molecule has 0 aliphatic heterocycles. The van der Waals surface area contributed by atoms with E-state index in [1.165, 1.54) is 16.7 Å². The topological polar surface area (TPSA) is 50.2 Å². The van der Waals surface area contributed by atoms with Crippen molar-refractivity contribution in [3.05, 3.63) is 77.1 Å². The SMILES string of the molecule is Cc1nn(C)c(C)c1CCNC(=O)N(C)Cc1ccc(-c2ccccc2)cc1. The van der Waals surface area contributed by atoms with Gasteiger partial charge in [-0.15, -0.1) is 0 Å². The second-order valence-corrected chi connectivity index (χ2v) is 7.17. The fourth-order valence-corrected chi connectivity index (χ4v) is 3.39. The number of urea groups is 1. The minimum Gasteiger partial charge on any atom is -0.338 e. The number of hydrogen-bond acceptors (Lipinski definition) is 2. The molecule has 0 unspecified atom stereocenters. The lowest BCUT2D eigenvalue weighted by Gasteiger charge is -2.18. The summed E-state index contributed by atoms with van der Waals surface area (Å²) in [7, 11) is 3.77. The fourth-order valence-electron chi connectivity index (χ4n) is 3.39. The Morgan fingerprint density at radius 3 is 2.29 bits per heavy atom. The molecule has 0 atom stereocenters. The van der Waals surface area contributed by atoms with Gasteiger partial charge in [0.05, 0.1) is 5.69 Å². The van der Waals surface area contributed by atoms with Gasteiger partial charge in [0.1, 0.15) is 0 Å². The van der Waals surface area contributed by atoms with Crippen molar-refractivity contribution >= 4 is 6.03 Å². The molecule has 5 nitrogen and oxygen atoms in total. The number of rotatable bonds is 6. The van der Waals surface area contributed by atoms with Gasteiger partial charge in [0.2, 0.25) is 0 Å². The average molecular weight is 377 g/mol. The summed E-state index contributed by atoms with van der Waals surface area (Å²) in [4.78, 5) is 14.1. The summed E-state index contributed by atoms with van der Waals surface area (Å²) < 4.78 is 1.89. The summed E-state index contributed by atoms with van der Waals surface area (Å²) in [6, 6.07) is 18.6. The van der Waals surface area contributed by atoms with E-state index in [9.17, 15) is 4.79 Å². The molecule has 0 spiro atoms. The Hall–Kier alpha value is -3.08. The Kier molecular flexibility index (Phi) is 6.14. The number of nitrogens with zero attached hydrogens (tertiary/aromatic N) is 3. The molecule has 0 saturated carbocycles. The Labute approximate surface area is 167 Å². The van der Waals surface area contributed by atoms with Crippen LogP contribution in [0.5, 0.6) is 0 Å². The van der Waals surface area contributed by atoms with E-state index >= 15 is 0 Å². The number of nitrogens with one attached hydrogen (secondary N) is 1. The van der Waals surface area contributed by atoms with Crippen LogP contribution in [0.4, 0.5) is 4.79 Å². The first-order valence-electron chi connectivity index (χ1n) is 9.58. The molecule has 1 aromatic heterocycles. The number of hydrogen-bond donors (Lipinski definition) is 1. The zero-order valence-corrected chi connectivity index (χ0v) is 17.1. The van der Waals surface area contributed by atoms with E-state index in [1.807, 2.05) is 43.9 Å². The van der Waals surface area contributed by atoms with E-state index in [0.29, 0.717) is 13.1 Å². The number of benzene rings is 2. The van der Waals surface area contributed by atoms with Crippen LogP contribution in [-0.4, -0.2) is 34.3 Å². The van der Waals surface area contributed by atoms with Crippen LogP contribution in [0.3, 0.4) is 0 Å². The zero-order valence-electron chi connectivity index (χ0n) is 17.1. The molecule has 3 rings (SSSR count). The minimum atomic E-state index is -0.0636. The van der Waals surface area contributed by atoms with Crippen molar-refractivity contribution in [1.82, 2.24) is 20.0 Å². The van der Waals surface area contributed by atoms with E-state index in [0.717, 1.165) is 23.4 Å². The molecule has 1 N–H and O–H groups in total. The molecular weight excluding hydrogens is 348 g/mol. The third kappa shape index (κ3) is 4.60. The fraction of sp³-hybridized carbons (Fsp3) is 0.304. The highest BCUT2D eigenvalue weighted by atomic mass is 16.2. The van der Waals surface area contributed by atoms with Gasteiger partial charge in [-0.2, -0.15) is 5.10 Å². The number of carbonyl (C=O) groups excluding carboxylic acids is 1. The third-order valence-corrected chi connectivity index (χ3v) is 5.14. The molecule has 2 amide bonds. The zero-order chi connectivity index (χ0) is 20.1. The van der Waals surface area contributed by atoms with Crippen LogP contribution in [0.25, 0.3) is 11.1 Å². The maximum atomic E-state index is 12.4. The largest absolute Gasteiger partial charge is 0.338 e. The molecule has 0 aliphatic carbocycles. The summed E-state index contributed by atoms with van der Waals surface area (Å²) in [5, 5.41) is 7.42. The monoisotopic (exact) mass is 376 g/mol. The quantitative estimate of drug-likeness (QED) is 0.704. The lowest BCUT2D eigenvalue weighted by molar-refractivity contribution is 0.207. The van der Waals surface area contributed by atoms with Crippen molar-refractivity contribution in [2.45, 2.75) is 26.8 Å². The van der Waals surface area contributed by atoms with Crippen LogP contribution in [0.1, 0.15) is 22.5 Å². The van der Waals surface area contributed by atoms with Gasteiger partial charge in [-0.3, -0.25) is 4.68 Å². The van der Waals surface area contributed by atoms with E-state index in [4.69, 9.17) is 0 Å². The van der Waals surface area contributed by atoms with Crippen LogP contribution >= 0.6 is 0 Å². The van der Waals surface area contributed by atoms with Crippen LogP contribution < -0.4 is 5.32 Å². The standard InChI is InChI=1S/C23H28N4O/c1-17-22(18(2)27(4)25-17)14-15-24-23(28)26(3)16-19-10-12-21(13-11-19)20-8-6-5-7-9-20/h5-13H,14-16H2,1-4H3,(H,24,28). The van der Waals surface area contributed by atoms with Gasteiger partial charge in [0.25, 0.3) is 0 Å². The van der Waals surface area contributed by atoms with Crippen LogP contribution in [0.2, 0.25) is 0 Å². The maximum absolute atomic E-state index is 12.4. The molecule has 3 aromatic rings. The van der Waals surface area contributed by atoms with E-state index in [2.05, 4.69) is 53.7 Å². The van der Waals surface area contributed by atoms with Crippen LogP contribution in [0, 0.1) is 13.8 Å². The molecule has 0 saturated heterocycles. The van der Waals surface area contributed by atoms with Gasteiger partial charge in [0.15, 0.2) is 0 Å². The summed E-state index contributed by atoms with van der Waals surface area (Å²) in [5.74, 6) is 0. The smallest absolute Gasteiger partial charge is 0.317 e. The normalized spacial score (nSPS) is 10.7. The molecule has 0 radical (unpaired) electrons. The number of aromatic nitrogens is 2. The predicted octanol–water partition coefficient (Wildman–Crippen LogP) is 4.09. The molecule has 0 bridgehead atoms. The molecule has 1 heterocycles.